The van der Waals surface area contributed by atoms with Crippen molar-refractivity contribution in [2.45, 2.75) is 43.8 Å². The Kier molecular flexibility index (Phi) is 6.26. The fourth-order valence-electron chi connectivity index (χ4n) is 3.29. The van der Waals surface area contributed by atoms with Crippen molar-refractivity contribution in [1.82, 2.24) is 5.32 Å². The Balaban J connectivity index is 1.68. The molecule has 30 heavy (non-hydrogen) atoms. The molecule has 0 spiro atoms. The molecule has 1 aliphatic carbocycles. The fraction of sp³-hybridized carbons (Fsp3) is 0.381. The molecule has 1 fully saturated rings. The number of carbonyl (C=O) groups is 1. The van der Waals surface area contributed by atoms with E-state index in [1.165, 1.54) is 18.2 Å². The summed E-state index contributed by atoms with van der Waals surface area (Å²) in [5.41, 5.74) is 0.0859. The Morgan fingerprint density at radius 1 is 1.20 bits per heavy atom. The van der Waals surface area contributed by atoms with Crippen LogP contribution in [0.4, 0.5) is 22.0 Å². The molecule has 2 aromatic rings. The van der Waals surface area contributed by atoms with E-state index in [4.69, 9.17) is 16.3 Å². The van der Waals surface area contributed by atoms with Crippen LogP contribution in [0.2, 0.25) is 5.02 Å². The van der Waals surface area contributed by atoms with Crippen LogP contribution < -0.4 is 10.1 Å². The molecule has 0 unspecified atom stereocenters. The highest BCUT2D eigenvalue weighted by atomic mass is 35.5. The number of ether oxygens (including phenoxy) is 1. The van der Waals surface area contributed by atoms with Crippen LogP contribution in [0.25, 0.3) is 0 Å². The number of hydrogen-bond donors (Lipinski definition) is 1. The zero-order valence-electron chi connectivity index (χ0n) is 16.0. The highest BCUT2D eigenvalue weighted by Crippen LogP contribution is 2.47. The Morgan fingerprint density at radius 2 is 1.90 bits per heavy atom. The van der Waals surface area contributed by atoms with E-state index in [-0.39, 0.29) is 28.7 Å². The maximum atomic E-state index is 13.9. The Hall–Kier alpha value is -2.35. The lowest BCUT2D eigenvalue weighted by Gasteiger charge is -2.21. The zero-order valence-corrected chi connectivity index (χ0v) is 16.7. The number of amides is 1. The number of carbonyl (C=O) groups excluding carboxylic acids is 1. The van der Waals surface area contributed by atoms with Crippen LogP contribution in [0.15, 0.2) is 36.4 Å². The predicted molar refractivity (Wildman–Crippen MR) is 101 cm³/mol. The van der Waals surface area contributed by atoms with Crippen molar-refractivity contribution in [3.8, 4) is 5.75 Å². The van der Waals surface area contributed by atoms with E-state index in [9.17, 15) is 26.7 Å². The fourth-order valence-corrected chi connectivity index (χ4v) is 3.46. The molecule has 0 aliphatic heterocycles. The van der Waals surface area contributed by atoms with Gasteiger partial charge in [0.2, 0.25) is 5.91 Å². The van der Waals surface area contributed by atoms with Crippen molar-refractivity contribution in [2.75, 3.05) is 6.61 Å². The quantitative estimate of drug-likeness (QED) is 0.540. The van der Waals surface area contributed by atoms with Crippen LogP contribution in [-0.4, -0.2) is 18.7 Å². The molecular formula is C21H19ClF5NO2. The molecule has 9 heteroatoms. The molecule has 1 aliphatic rings. The van der Waals surface area contributed by atoms with Gasteiger partial charge in [-0.2, -0.15) is 13.2 Å². The molecule has 1 atom stereocenters. The van der Waals surface area contributed by atoms with Crippen LogP contribution in [0.3, 0.4) is 0 Å². The first-order valence-corrected chi connectivity index (χ1v) is 9.62. The Labute approximate surface area is 175 Å². The second-order valence-electron chi connectivity index (χ2n) is 7.45. The van der Waals surface area contributed by atoms with Crippen molar-refractivity contribution in [2.24, 2.45) is 0 Å². The number of halogens is 6. The summed E-state index contributed by atoms with van der Waals surface area (Å²) in [7, 11) is 0. The zero-order chi connectivity index (χ0) is 22.1. The predicted octanol–water partition coefficient (Wildman–Crippen LogP) is 5.86. The largest absolute Gasteiger partial charge is 0.483 e. The second kappa shape index (κ2) is 8.41. The van der Waals surface area contributed by atoms with Crippen molar-refractivity contribution in [1.29, 1.82) is 0 Å². The van der Waals surface area contributed by atoms with E-state index in [1.807, 2.05) is 0 Å². The van der Waals surface area contributed by atoms with E-state index in [2.05, 4.69) is 5.32 Å². The molecular weight excluding hydrogens is 429 g/mol. The summed E-state index contributed by atoms with van der Waals surface area (Å²) in [6.07, 6.45) is -3.34. The third kappa shape index (κ3) is 5.41. The third-order valence-electron chi connectivity index (χ3n) is 4.99. The first-order chi connectivity index (χ1) is 14.0. The van der Waals surface area contributed by atoms with Gasteiger partial charge in [-0.3, -0.25) is 4.79 Å². The summed E-state index contributed by atoms with van der Waals surface area (Å²) in [6, 6.07) is 7.64. The normalized spacial score (nSPS) is 16.1. The van der Waals surface area contributed by atoms with Crippen LogP contribution in [0.5, 0.6) is 5.75 Å². The molecule has 0 heterocycles. The molecule has 1 N–H and O–H groups in total. The molecule has 162 valence electrons. The second-order valence-corrected chi connectivity index (χ2v) is 7.86. The van der Waals surface area contributed by atoms with Crippen LogP contribution in [-0.2, 0) is 10.3 Å². The van der Waals surface area contributed by atoms with Crippen molar-refractivity contribution < 1.29 is 31.5 Å². The lowest BCUT2D eigenvalue weighted by atomic mass is 9.96. The van der Waals surface area contributed by atoms with E-state index in [1.54, 1.807) is 13.0 Å². The molecule has 3 nitrogen and oxygen atoms in total. The lowest BCUT2D eigenvalue weighted by molar-refractivity contribution is -0.153. The van der Waals surface area contributed by atoms with Gasteiger partial charge in [0.1, 0.15) is 17.4 Å². The standard InChI is InChI=1S/C21H19ClF5NO2/c1-12(15-4-3-14(23)10-17(15)24)8-19(29)28-20(6-7-20)13-2-5-16(22)18(9-13)30-11-21(25,26)27/h2-5,9-10,12H,6-8,11H2,1H3,(H,28,29)/t12-/m0/s1. The molecule has 1 amide bonds. The average Bonchev–Trinajstić information content (AvgIpc) is 3.40. The van der Waals surface area contributed by atoms with Crippen molar-refractivity contribution in [3.05, 3.63) is 64.2 Å². The maximum Gasteiger partial charge on any atom is 0.422 e. The summed E-state index contributed by atoms with van der Waals surface area (Å²) in [4.78, 5) is 12.5. The van der Waals surface area contributed by atoms with Gasteiger partial charge in [-0.1, -0.05) is 30.7 Å². The SMILES string of the molecule is C[C@@H](CC(=O)NC1(c2ccc(Cl)c(OCC(F)(F)F)c2)CC1)c1ccc(F)cc1F. The van der Waals surface area contributed by atoms with Gasteiger partial charge >= 0.3 is 6.18 Å². The molecule has 0 saturated heterocycles. The minimum atomic E-state index is -4.50. The maximum absolute atomic E-state index is 13.9. The van der Waals surface area contributed by atoms with Crippen LogP contribution >= 0.6 is 11.6 Å². The van der Waals surface area contributed by atoms with Crippen LogP contribution in [0.1, 0.15) is 43.2 Å². The summed E-state index contributed by atoms with van der Waals surface area (Å²) in [5, 5.41) is 2.91. The molecule has 1 saturated carbocycles. The summed E-state index contributed by atoms with van der Waals surface area (Å²) < 4.78 is 69.1. The minimum Gasteiger partial charge on any atom is -0.483 e. The third-order valence-corrected chi connectivity index (χ3v) is 5.30. The van der Waals surface area contributed by atoms with Gasteiger partial charge in [0, 0.05) is 12.5 Å². The monoisotopic (exact) mass is 447 g/mol. The van der Waals surface area contributed by atoms with Gasteiger partial charge in [-0.05, 0) is 48.1 Å². The van der Waals surface area contributed by atoms with Gasteiger partial charge in [-0.25, -0.2) is 8.78 Å². The van der Waals surface area contributed by atoms with Gasteiger partial charge in [0.05, 0.1) is 10.6 Å². The van der Waals surface area contributed by atoms with Gasteiger partial charge in [0.15, 0.2) is 6.61 Å². The first-order valence-electron chi connectivity index (χ1n) is 9.25. The molecule has 2 aromatic carbocycles. The average molecular weight is 448 g/mol. The number of hydrogen-bond acceptors (Lipinski definition) is 2. The van der Waals surface area contributed by atoms with Gasteiger partial charge in [-0.15, -0.1) is 0 Å². The van der Waals surface area contributed by atoms with E-state index in [0.29, 0.717) is 18.4 Å². The minimum absolute atomic E-state index is 0.0324. The molecule has 0 aromatic heterocycles. The molecule has 0 bridgehead atoms. The topological polar surface area (TPSA) is 38.3 Å². The summed E-state index contributed by atoms with van der Waals surface area (Å²) >= 11 is 5.92. The van der Waals surface area contributed by atoms with Crippen LogP contribution in [0, 0.1) is 11.6 Å². The number of nitrogens with one attached hydrogen (secondary N) is 1. The first kappa shape index (κ1) is 22.3. The van der Waals surface area contributed by atoms with Gasteiger partial charge < -0.3 is 10.1 Å². The Bertz CT molecular complexity index is 943. The molecule has 0 radical (unpaired) electrons. The van der Waals surface area contributed by atoms with Crippen molar-refractivity contribution in [3.63, 3.8) is 0 Å². The Morgan fingerprint density at radius 3 is 2.50 bits per heavy atom. The van der Waals surface area contributed by atoms with Gasteiger partial charge in [0.25, 0.3) is 0 Å². The smallest absolute Gasteiger partial charge is 0.422 e. The summed E-state index contributed by atoms with van der Waals surface area (Å²) in [6.45, 7) is 0.178. The van der Waals surface area contributed by atoms with E-state index < -0.39 is 35.9 Å². The van der Waals surface area contributed by atoms with E-state index >= 15 is 0 Å². The molecule has 3 rings (SSSR count). The summed E-state index contributed by atoms with van der Waals surface area (Å²) in [5.74, 6) is -2.38. The van der Waals surface area contributed by atoms with E-state index in [0.717, 1.165) is 12.1 Å². The highest BCUT2D eigenvalue weighted by Gasteiger charge is 2.46. The number of alkyl halides is 3. The lowest BCUT2D eigenvalue weighted by Crippen LogP contribution is -2.35. The highest BCUT2D eigenvalue weighted by molar-refractivity contribution is 6.32. The number of benzene rings is 2. The number of rotatable bonds is 7. The van der Waals surface area contributed by atoms with Crippen molar-refractivity contribution >= 4 is 17.5 Å².